The van der Waals surface area contributed by atoms with Gasteiger partial charge in [0, 0.05) is 10.5 Å². The van der Waals surface area contributed by atoms with Gasteiger partial charge in [-0.25, -0.2) is 21.6 Å². The van der Waals surface area contributed by atoms with Gasteiger partial charge < -0.3 is 0 Å². The summed E-state index contributed by atoms with van der Waals surface area (Å²) in [5.74, 6) is -2.80. The summed E-state index contributed by atoms with van der Waals surface area (Å²) in [6.07, 6.45) is 0. The van der Waals surface area contributed by atoms with E-state index in [4.69, 9.17) is 0 Å². The van der Waals surface area contributed by atoms with Gasteiger partial charge >= 0.3 is 0 Å². The van der Waals surface area contributed by atoms with Crippen molar-refractivity contribution in [3.05, 3.63) is 57.8 Å². The first-order valence-electron chi connectivity index (χ1n) is 5.64. The number of anilines is 1. The lowest BCUT2D eigenvalue weighted by molar-refractivity contribution is 0.548. The SMILES string of the molecule is Cc1ccc(F)cc1NS(=O)(=O)c1c(F)cc(F)cc1Br. The summed E-state index contributed by atoms with van der Waals surface area (Å²) in [6.45, 7) is 1.56. The second-order valence-corrected chi connectivity index (χ2v) is 6.74. The van der Waals surface area contributed by atoms with Crippen molar-refractivity contribution in [2.24, 2.45) is 0 Å². The Bertz CT molecular complexity index is 786. The molecule has 21 heavy (non-hydrogen) atoms. The lowest BCUT2D eigenvalue weighted by Crippen LogP contribution is -2.16. The molecule has 0 heterocycles. The van der Waals surface area contributed by atoms with E-state index < -0.39 is 32.4 Å². The molecule has 0 aromatic heterocycles. The molecule has 2 rings (SSSR count). The van der Waals surface area contributed by atoms with Crippen LogP contribution in [0.3, 0.4) is 0 Å². The van der Waals surface area contributed by atoms with Gasteiger partial charge in [0.1, 0.15) is 22.3 Å². The molecule has 0 amide bonds. The van der Waals surface area contributed by atoms with Gasteiger partial charge in [0.15, 0.2) is 0 Å². The zero-order chi connectivity index (χ0) is 15.8. The lowest BCUT2D eigenvalue weighted by atomic mass is 10.2. The molecule has 0 saturated heterocycles. The number of halogens is 4. The van der Waals surface area contributed by atoms with Crippen molar-refractivity contribution in [2.45, 2.75) is 11.8 Å². The summed E-state index contributed by atoms with van der Waals surface area (Å²) in [5.41, 5.74) is 0.434. The van der Waals surface area contributed by atoms with Gasteiger partial charge in [-0.15, -0.1) is 0 Å². The molecule has 3 nitrogen and oxygen atoms in total. The van der Waals surface area contributed by atoms with E-state index in [9.17, 15) is 21.6 Å². The van der Waals surface area contributed by atoms with Crippen LogP contribution in [0.5, 0.6) is 0 Å². The molecule has 0 atom stereocenters. The van der Waals surface area contributed by atoms with Crippen LogP contribution in [0.4, 0.5) is 18.9 Å². The molecule has 0 aliphatic carbocycles. The summed E-state index contributed by atoms with van der Waals surface area (Å²) in [7, 11) is -4.34. The van der Waals surface area contributed by atoms with Crippen LogP contribution >= 0.6 is 15.9 Å². The standard InChI is InChI=1S/C13H9BrF3NO2S/c1-7-2-3-8(15)6-12(7)18-21(19,20)13-10(14)4-9(16)5-11(13)17/h2-6,18H,1H3. The zero-order valence-electron chi connectivity index (χ0n) is 10.6. The van der Waals surface area contributed by atoms with E-state index in [1.807, 2.05) is 0 Å². The second-order valence-electron chi connectivity index (χ2n) is 4.26. The largest absolute Gasteiger partial charge is 0.279 e. The first-order valence-corrected chi connectivity index (χ1v) is 7.92. The predicted molar refractivity (Wildman–Crippen MR) is 76.0 cm³/mol. The van der Waals surface area contributed by atoms with Crippen molar-refractivity contribution >= 4 is 31.6 Å². The molecule has 1 N–H and O–H groups in total. The highest BCUT2D eigenvalue weighted by Gasteiger charge is 2.24. The molecule has 0 fully saturated rings. The fraction of sp³-hybridized carbons (Fsp3) is 0.0769. The summed E-state index contributed by atoms with van der Waals surface area (Å²) < 4.78 is 66.1. The molecule has 0 aliphatic heterocycles. The lowest BCUT2D eigenvalue weighted by Gasteiger charge is -2.12. The molecule has 112 valence electrons. The highest BCUT2D eigenvalue weighted by molar-refractivity contribution is 9.10. The Morgan fingerprint density at radius 2 is 1.71 bits per heavy atom. The first-order chi connectivity index (χ1) is 9.70. The number of aryl methyl sites for hydroxylation is 1. The Kier molecular flexibility index (Phi) is 4.29. The van der Waals surface area contributed by atoms with Gasteiger partial charge in [-0.1, -0.05) is 6.07 Å². The van der Waals surface area contributed by atoms with E-state index >= 15 is 0 Å². The number of sulfonamides is 1. The van der Waals surface area contributed by atoms with Gasteiger partial charge in [0.25, 0.3) is 10.0 Å². The fourth-order valence-corrected chi connectivity index (χ4v) is 3.98. The third-order valence-electron chi connectivity index (χ3n) is 2.68. The van der Waals surface area contributed by atoms with Crippen molar-refractivity contribution in [1.82, 2.24) is 0 Å². The smallest absolute Gasteiger partial charge is 0.265 e. The van der Waals surface area contributed by atoms with E-state index in [2.05, 4.69) is 20.7 Å². The number of hydrogen-bond acceptors (Lipinski definition) is 2. The maximum Gasteiger partial charge on any atom is 0.265 e. The Morgan fingerprint density at radius 1 is 1.05 bits per heavy atom. The molecule has 0 unspecified atom stereocenters. The number of hydrogen-bond donors (Lipinski definition) is 1. The Balaban J connectivity index is 2.51. The van der Waals surface area contributed by atoms with Crippen LogP contribution in [0.1, 0.15) is 5.56 Å². The van der Waals surface area contributed by atoms with Crippen LogP contribution in [0, 0.1) is 24.4 Å². The van der Waals surface area contributed by atoms with Gasteiger partial charge in [-0.05, 0) is 46.6 Å². The molecular formula is C13H9BrF3NO2S. The second kappa shape index (κ2) is 5.69. The van der Waals surface area contributed by atoms with Crippen molar-refractivity contribution in [2.75, 3.05) is 4.72 Å². The zero-order valence-corrected chi connectivity index (χ0v) is 13.0. The van der Waals surface area contributed by atoms with Crippen molar-refractivity contribution < 1.29 is 21.6 Å². The molecule has 0 aliphatic rings. The van der Waals surface area contributed by atoms with Crippen LogP contribution in [0.2, 0.25) is 0 Å². The maximum absolute atomic E-state index is 13.7. The third-order valence-corrected chi connectivity index (χ3v) is 5.00. The first kappa shape index (κ1) is 15.8. The Morgan fingerprint density at radius 3 is 2.33 bits per heavy atom. The van der Waals surface area contributed by atoms with E-state index in [1.165, 1.54) is 12.1 Å². The van der Waals surface area contributed by atoms with Crippen molar-refractivity contribution in [1.29, 1.82) is 0 Å². The Labute approximate surface area is 128 Å². The van der Waals surface area contributed by atoms with Crippen LogP contribution in [-0.4, -0.2) is 8.42 Å². The van der Waals surface area contributed by atoms with Crippen molar-refractivity contribution in [3.8, 4) is 0 Å². The molecule has 0 bridgehead atoms. The minimum absolute atomic E-state index is 0.0226. The molecule has 0 radical (unpaired) electrons. The van der Waals surface area contributed by atoms with E-state index in [1.54, 1.807) is 6.92 Å². The number of rotatable bonds is 3. The minimum Gasteiger partial charge on any atom is -0.279 e. The molecule has 0 saturated carbocycles. The van der Waals surface area contributed by atoms with Crippen molar-refractivity contribution in [3.63, 3.8) is 0 Å². The van der Waals surface area contributed by atoms with Gasteiger partial charge in [-0.2, -0.15) is 0 Å². The third kappa shape index (κ3) is 3.38. The molecule has 2 aromatic carbocycles. The highest BCUT2D eigenvalue weighted by atomic mass is 79.9. The van der Waals surface area contributed by atoms with Crippen LogP contribution in [0.25, 0.3) is 0 Å². The van der Waals surface area contributed by atoms with Gasteiger partial charge in [0.05, 0.1) is 5.69 Å². The predicted octanol–water partition coefficient (Wildman–Crippen LogP) is 3.98. The summed E-state index contributed by atoms with van der Waals surface area (Å²) in [5, 5.41) is 0. The van der Waals surface area contributed by atoms with E-state index in [-0.39, 0.29) is 10.2 Å². The van der Waals surface area contributed by atoms with Crippen LogP contribution < -0.4 is 4.72 Å². The molecule has 8 heteroatoms. The van der Waals surface area contributed by atoms with Gasteiger partial charge in [-0.3, -0.25) is 4.72 Å². The maximum atomic E-state index is 13.7. The average molecular weight is 380 g/mol. The molecule has 0 spiro atoms. The summed E-state index contributed by atoms with van der Waals surface area (Å²) in [4.78, 5) is -0.743. The normalized spacial score (nSPS) is 11.5. The van der Waals surface area contributed by atoms with Crippen LogP contribution in [0.15, 0.2) is 39.7 Å². The summed E-state index contributed by atoms with van der Waals surface area (Å²) >= 11 is 2.81. The van der Waals surface area contributed by atoms with E-state index in [0.717, 1.165) is 12.1 Å². The number of nitrogens with one attached hydrogen (secondary N) is 1. The monoisotopic (exact) mass is 379 g/mol. The number of benzene rings is 2. The Hall–Kier alpha value is -1.54. The van der Waals surface area contributed by atoms with Crippen LogP contribution in [-0.2, 0) is 10.0 Å². The quantitative estimate of drug-likeness (QED) is 0.876. The minimum atomic E-state index is -4.34. The molecule has 2 aromatic rings. The average Bonchev–Trinajstić information content (AvgIpc) is 2.31. The highest BCUT2D eigenvalue weighted by Crippen LogP contribution is 2.29. The molecular weight excluding hydrogens is 371 g/mol. The fourth-order valence-electron chi connectivity index (χ4n) is 1.69. The van der Waals surface area contributed by atoms with Gasteiger partial charge in [0.2, 0.25) is 0 Å². The topological polar surface area (TPSA) is 46.2 Å². The summed E-state index contributed by atoms with van der Waals surface area (Å²) in [6, 6.07) is 4.81. The van der Waals surface area contributed by atoms with E-state index in [0.29, 0.717) is 11.6 Å².